The summed E-state index contributed by atoms with van der Waals surface area (Å²) in [6.07, 6.45) is 1.07. The summed E-state index contributed by atoms with van der Waals surface area (Å²) < 4.78 is 10.4. The van der Waals surface area contributed by atoms with Gasteiger partial charge in [0.2, 0.25) is 0 Å². The van der Waals surface area contributed by atoms with Crippen LogP contribution in [0.5, 0.6) is 0 Å². The molecular formula is C9H18O3. The van der Waals surface area contributed by atoms with Crippen LogP contribution < -0.4 is 0 Å². The van der Waals surface area contributed by atoms with Crippen molar-refractivity contribution in [1.29, 1.82) is 0 Å². The summed E-state index contributed by atoms with van der Waals surface area (Å²) in [5.74, 6) is 0. The van der Waals surface area contributed by atoms with Gasteiger partial charge in [0.1, 0.15) is 0 Å². The molecule has 12 heavy (non-hydrogen) atoms. The summed E-state index contributed by atoms with van der Waals surface area (Å²) in [5, 5.41) is 9.20. The Morgan fingerprint density at radius 1 is 1.33 bits per heavy atom. The molecule has 0 aliphatic rings. The van der Waals surface area contributed by atoms with Crippen molar-refractivity contribution in [1.82, 2.24) is 0 Å². The lowest BCUT2D eigenvalue weighted by atomic mass is 10.2. The molecule has 0 aromatic rings. The molecule has 0 heterocycles. The average molecular weight is 174 g/mol. The lowest BCUT2D eigenvalue weighted by Crippen LogP contribution is -2.22. The molecule has 0 aliphatic heterocycles. The van der Waals surface area contributed by atoms with Crippen LogP contribution in [0.25, 0.3) is 0 Å². The Labute approximate surface area is 74.0 Å². The molecule has 0 amide bonds. The van der Waals surface area contributed by atoms with Gasteiger partial charge in [0.05, 0.1) is 6.10 Å². The summed E-state index contributed by atoms with van der Waals surface area (Å²) >= 11 is 0. The van der Waals surface area contributed by atoms with Gasteiger partial charge in [-0.05, 0) is 13.8 Å². The molecule has 0 bridgehead atoms. The molecule has 0 fully saturated rings. The van der Waals surface area contributed by atoms with Gasteiger partial charge in [-0.15, -0.1) is 6.58 Å². The van der Waals surface area contributed by atoms with E-state index in [1.165, 1.54) is 6.08 Å². The summed E-state index contributed by atoms with van der Waals surface area (Å²) in [5.41, 5.74) is 0. The zero-order valence-electron chi connectivity index (χ0n) is 7.82. The van der Waals surface area contributed by atoms with Crippen LogP contribution >= 0.6 is 0 Å². The zero-order chi connectivity index (χ0) is 9.40. The molecule has 1 unspecified atom stereocenters. The van der Waals surface area contributed by atoms with Gasteiger partial charge in [-0.2, -0.15) is 0 Å². The molecule has 0 aromatic carbocycles. The maximum atomic E-state index is 9.20. The second-order valence-corrected chi connectivity index (χ2v) is 2.38. The van der Waals surface area contributed by atoms with E-state index in [1.807, 2.05) is 13.8 Å². The molecule has 0 saturated carbocycles. The first-order chi connectivity index (χ1) is 5.74. The minimum Gasteiger partial charge on any atom is -0.389 e. The van der Waals surface area contributed by atoms with Crippen LogP contribution in [0.1, 0.15) is 20.3 Å². The number of hydrogen-bond donors (Lipinski definition) is 1. The zero-order valence-corrected chi connectivity index (χ0v) is 7.82. The molecule has 72 valence electrons. The largest absolute Gasteiger partial charge is 0.389 e. The van der Waals surface area contributed by atoms with Gasteiger partial charge in [-0.3, -0.25) is 0 Å². The summed E-state index contributed by atoms with van der Waals surface area (Å²) in [6.45, 7) is 8.45. The van der Waals surface area contributed by atoms with Crippen LogP contribution in [-0.2, 0) is 9.47 Å². The standard InChI is InChI=1S/C9H18O3/c1-4-8(10)7-9(11-5-2)12-6-3/h4,8-10H,1,5-7H2,2-3H3. The maximum absolute atomic E-state index is 9.20. The first-order valence-electron chi connectivity index (χ1n) is 4.28. The highest BCUT2D eigenvalue weighted by Gasteiger charge is 2.11. The van der Waals surface area contributed by atoms with Crippen molar-refractivity contribution in [3.05, 3.63) is 12.7 Å². The van der Waals surface area contributed by atoms with E-state index >= 15 is 0 Å². The third-order valence-corrected chi connectivity index (χ3v) is 1.41. The lowest BCUT2D eigenvalue weighted by molar-refractivity contribution is -0.148. The van der Waals surface area contributed by atoms with Crippen molar-refractivity contribution in [2.45, 2.75) is 32.7 Å². The highest BCUT2D eigenvalue weighted by Crippen LogP contribution is 2.05. The minimum absolute atomic E-state index is 0.312. The summed E-state index contributed by atoms with van der Waals surface area (Å²) in [7, 11) is 0. The Morgan fingerprint density at radius 2 is 1.83 bits per heavy atom. The van der Waals surface area contributed by atoms with Crippen LogP contribution in [0.4, 0.5) is 0 Å². The van der Waals surface area contributed by atoms with E-state index in [9.17, 15) is 5.11 Å². The number of aliphatic hydroxyl groups excluding tert-OH is 1. The fourth-order valence-corrected chi connectivity index (χ4v) is 0.849. The molecular weight excluding hydrogens is 156 g/mol. The number of ether oxygens (including phenoxy) is 2. The van der Waals surface area contributed by atoms with Gasteiger partial charge in [-0.1, -0.05) is 6.08 Å². The second kappa shape index (κ2) is 7.28. The quantitative estimate of drug-likeness (QED) is 0.467. The first-order valence-corrected chi connectivity index (χ1v) is 4.28. The SMILES string of the molecule is C=CC(O)CC(OCC)OCC. The smallest absolute Gasteiger partial charge is 0.160 e. The summed E-state index contributed by atoms with van der Waals surface area (Å²) in [4.78, 5) is 0. The fraction of sp³-hybridized carbons (Fsp3) is 0.778. The Kier molecular flexibility index (Phi) is 7.05. The van der Waals surface area contributed by atoms with Gasteiger partial charge >= 0.3 is 0 Å². The predicted octanol–water partition coefficient (Wildman–Crippen LogP) is 1.32. The molecule has 3 heteroatoms. The summed E-state index contributed by atoms with van der Waals surface area (Å²) in [6, 6.07) is 0. The monoisotopic (exact) mass is 174 g/mol. The topological polar surface area (TPSA) is 38.7 Å². The Bertz CT molecular complexity index is 108. The van der Waals surface area contributed by atoms with E-state index in [0.717, 1.165) is 0 Å². The van der Waals surface area contributed by atoms with Crippen LogP contribution in [-0.4, -0.2) is 30.7 Å². The molecule has 0 aliphatic carbocycles. The highest BCUT2D eigenvalue weighted by atomic mass is 16.7. The van der Waals surface area contributed by atoms with Crippen LogP contribution in [0.15, 0.2) is 12.7 Å². The van der Waals surface area contributed by atoms with Crippen LogP contribution in [0, 0.1) is 0 Å². The number of aliphatic hydroxyl groups is 1. The molecule has 0 rings (SSSR count). The third-order valence-electron chi connectivity index (χ3n) is 1.41. The molecule has 0 spiro atoms. The number of rotatable bonds is 7. The van der Waals surface area contributed by atoms with Gasteiger partial charge in [0.15, 0.2) is 6.29 Å². The predicted molar refractivity (Wildman–Crippen MR) is 47.9 cm³/mol. The normalized spacial score (nSPS) is 13.3. The average Bonchev–Trinajstić information content (AvgIpc) is 2.05. The van der Waals surface area contributed by atoms with Gasteiger partial charge < -0.3 is 14.6 Å². The van der Waals surface area contributed by atoms with Crippen molar-refractivity contribution >= 4 is 0 Å². The van der Waals surface area contributed by atoms with Gasteiger partial charge in [-0.25, -0.2) is 0 Å². The fourth-order valence-electron chi connectivity index (χ4n) is 0.849. The molecule has 0 aromatic heterocycles. The van der Waals surface area contributed by atoms with E-state index in [4.69, 9.17) is 9.47 Å². The molecule has 0 saturated heterocycles. The Hall–Kier alpha value is -0.380. The van der Waals surface area contributed by atoms with E-state index in [0.29, 0.717) is 19.6 Å². The van der Waals surface area contributed by atoms with Gasteiger partial charge in [0.25, 0.3) is 0 Å². The van der Waals surface area contributed by atoms with Crippen LogP contribution in [0.3, 0.4) is 0 Å². The van der Waals surface area contributed by atoms with Crippen molar-refractivity contribution in [2.24, 2.45) is 0 Å². The highest BCUT2D eigenvalue weighted by molar-refractivity contribution is 4.78. The number of hydrogen-bond acceptors (Lipinski definition) is 3. The Morgan fingerprint density at radius 3 is 2.17 bits per heavy atom. The van der Waals surface area contributed by atoms with Crippen molar-refractivity contribution in [3.8, 4) is 0 Å². The first kappa shape index (κ1) is 11.6. The van der Waals surface area contributed by atoms with E-state index < -0.39 is 6.10 Å². The van der Waals surface area contributed by atoms with E-state index in [1.54, 1.807) is 0 Å². The van der Waals surface area contributed by atoms with Crippen molar-refractivity contribution < 1.29 is 14.6 Å². The second-order valence-electron chi connectivity index (χ2n) is 2.38. The minimum atomic E-state index is -0.548. The van der Waals surface area contributed by atoms with Gasteiger partial charge in [0, 0.05) is 19.6 Å². The molecule has 0 radical (unpaired) electrons. The lowest BCUT2D eigenvalue weighted by Gasteiger charge is -2.18. The van der Waals surface area contributed by atoms with E-state index in [-0.39, 0.29) is 6.29 Å². The molecule has 1 N–H and O–H groups in total. The third kappa shape index (κ3) is 5.29. The molecule has 3 nitrogen and oxygen atoms in total. The van der Waals surface area contributed by atoms with Crippen molar-refractivity contribution in [3.63, 3.8) is 0 Å². The Balaban J connectivity index is 3.68. The van der Waals surface area contributed by atoms with E-state index in [2.05, 4.69) is 6.58 Å². The van der Waals surface area contributed by atoms with Crippen LogP contribution in [0.2, 0.25) is 0 Å². The maximum Gasteiger partial charge on any atom is 0.160 e. The molecule has 1 atom stereocenters. The van der Waals surface area contributed by atoms with Crippen molar-refractivity contribution in [2.75, 3.05) is 13.2 Å².